The first-order valence-corrected chi connectivity index (χ1v) is 10.0. The highest BCUT2D eigenvalue weighted by atomic mass is 16.5. The molecule has 0 saturated heterocycles. The molecule has 4 rings (SSSR count). The van der Waals surface area contributed by atoms with Gasteiger partial charge in [0.25, 0.3) is 5.91 Å². The zero-order valence-corrected chi connectivity index (χ0v) is 17.4. The van der Waals surface area contributed by atoms with Gasteiger partial charge >= 0.3 is 0 Å². The molecule has 0 aliphatic heterocycles. The first-order valence-electron chi connectivity index (χ1n) is 10.0. The lowest BCUT2D eigenvalue weighted by molar-refractivity contribution is 0.0954. The smallest absolute Gasteiger partial charge is 0.251 e. The molecule has 0 radical (unpaired) electrons. The molecule has 0 fully saturated rings. The number of methoxy groups -OCH3 is 1. The second-order valence-electron chi connectivity index (χ2n) is 7.16. The Balaban J connectivity index is 1.62. The van der Waals surface area contributed by atoms with Crippen molar-refractivity contribution >= 4 is 5.91 Å². The van der Waals surface area contributed by atoms with E-state index in [4.69, 9.17) is 4.74 Å². The molecule has 0 unspecified atom stereocenters. The van der Waals surface area contributed by atoms with Crippen LogP contribution >= 0.6 is 0 Å². The molecule has 1 heterocycles. The number of carbonyl (C=O) groups excluding carboxylic acids is 1. The Kier molecular flexibility index (Phi) is 6.03. The van der Waals surface area contributed by atoms with E-state index in [2.05, 4.69) is 39.9 Å². The van der Waals surface area contributed by atoms with Gasteiger partial charge < -0.3 is 10.1 Å². The normalized spacial score (nSPS) is 10.6. The molecule has 7 heteroatoms. The van der Waals surface area contributed by atoms with E-state index in [1.165, 1.54) is 22.1 Å². The maximum absolute atomic E-state index is 13.0. The third-order valence-electron chi connectivity index (χ3n) is 5.15. The van der Waals surface area contributed by atoms with Crippen molar-refractivity contribution in [3.8, 4) is 22.6 Å². The van der Waals surface area contributed by atoms with E-state index < -0.39 is 0 Å². The number of nitrogens with zero attached hydrogens (tertiary/aromatic N) is 4. The first-order chi connectivity index (χ1) is 15.2. The topological polar surface area (TPSA) is 81.9 Å². The van der Waals surface area contributed by atoms with Crippen LogP contribution < -0.4 is 10.1 Å². The van der Waals surface area contributed by atoms with Crippen molar-refractivity contribution in [2.45, 2.75) is 13.3 Å². The van der Waals surface area contributed by atoms with Crippen LogP contribution in [0.3, 0.4) is 0 Å². The maximum Gasteiger partial charge on any atom is 0.251 e. The monoisotopic (exact) mass is 413 g/mol. The number of para-hydroxylation sites is 1. The minimum atomic E-state index is -0.153. The predicted molar refractivity (Wildman–Crippen MR) is 118 cm³/mol. The standard InChI is InChI=1S/C24H23N5O2/c1-17-7-3-4-8-18(17)11-12-25-24(30)20-13-19(22-9-5-6-10-23(22)31-2)14-21(15-20)29-16-26-27-28-29/h3-10,13-16H,11-12H2,1-2H3,(H,25,30). The third kappa shape index (κ3) is 4.61. The zero-order chi connectivity index (χ0) is 21.6. The van der Waals surface area contributed by atoms with Crippen LogP contribution in [-0.2, 0) is 6.42 Å². The largest absolute Gasteiger partial charge is 0.496 e. The molecule has 0 aliphatic rings. The Bertz CT molecular complexity index is 1190. The van der Waals surface area contributed by atoms with Crippen molar-refractivity contribution < 1.29 is 9.53 Å². The van der Waals surface area contributed by atoms with E-state index in [1.54, 1.807) is 13.2 Å². The van der Waals surface area contributed by atoms with Crippen LogP contribution in [0.15, 0.2) is 73.1 Å². The van der Waals surface area contributed by atoms with E-state index in [0.29, 0.717) is 17.8 Å². The Hall–Kier alpha value is -4.00. The van der Waals surface area contributed by atoms with Crippen LogP contribution in [0.2, 0.25) is 0 Å². The number of hydrogen-bond donors (Lipinski definition) is 1. The fourth-order valence-corrected chi connectivity index (χ4v) is 3.50. The van der Waals surface area contributed by atoms with Crippen LogP contribution in [0.5, 0.6) is 5.75 Å². The highest BCUT2D eigenvalue weighted by Gasteiger charge is 2.14. The van der Waals surface area contributed by atoms with Gasteiger partial charge in [-0.15, -0.1) is 5.10 Å². The van der Waals surface area contributed by atoms with Crippen LogP contribution in [0.1, 0.15) is 21.5 Å². The van der Waals surface area contributed by atoms with Crippen molar-refractivity contribution in [1.82, 2.24) is 25.5 Å². The Morgan fingerprint density at radius 3 is 2.65 bits per heavy atom. The Morgan fingerprint density at radius 1 is 1.06 bits per heavy atom. The van der Waals surface area contributed by atoms with Crippen molar-refractivity contribution in [3.05, 3.63) is 89.7 Å². The summed E-state index contributed by atoms with van der Waals surface area (Å²) in [5.74, 6) is 0.571. The molecule has 31 heavy (non-hydrogen) atoms. The molecule has 0 atom stereocenters. The molecule has 0 saturated carbocycles. The lowest BCUT2D eigenvalue weighted by Crippen LogP contribution is -2.26. The SMILES string of the molecule is COc1ccccc1-c1cc(C(=O)NCCc2ccccc2C)cc(-n2cnnn2)c1. The number of amides is 1. The summed E-state index contributed by atoms with van der Waals surface area (Å²) in [6, 6.07) is 21.4. The molecule has 0 spiro atoms. The highest BCUT2D eigenvalue weighted by Crippen LogP contribution is 2.31. The van der Waals surface area contributed by atoms with Gasteiger partial charge in [0.2, 0.25) is 0 Å². The van der Waals surface area contributed by atoms with E-state index >= 15 is 0 Å². The average Bonchev–Trinajstić information content (AvgIpc) is 3.35. The number of aromatic nitrogens is 4. The van der Waals surface area contributed by atoms with Crippen LogP contribution in [0.25, 0.3) is 16.8 Å². The van der Waals surface area contributed by atoms with Crippen LogP contribution in [0, 0.1) is 6.92 Å². The molecular formula is C24H23N5O2. The van der Waals surface area contributed by atoms with Crippen molar-refractivity contribution in [2.24, 2.45) is 0 Å². The number of hydrogen-bond acceptors (Lipinski definition) is 5. The lowest BCUT2D eigenvalue weighted by atomic mass is 10.0. The quantitative estimate of drug-likeness (QED) is 0.500. The molecule has 4 aromatic rings. The van der Waals surface area contributed by atoms with Gasteiger partial charge in [0.05, 0.1) is 12.8 Å². The summed E-state index contributed by atoms with van der Waals surface area (Å²) < 4.78 is 7.04. The van der Waals surface area contributed by atoms with Gasteiger partial charge in [-0.05, 0) is 64.7 Å². The van der Waals surface area contributed by atoms with Crippen LogP contribution in [-0.4, -0.2) is 39.8 Å². The summed E-state index contributed by atoms with van der Waals surface area (Å²) >= 11 is 0. The second-order valence-corrected chi connectivity index (χ2v) is 7.16. The average molecular weight is 413 g/mol. The van der Waals surface area contributed by atoms with E-state index in [-0.39, 0.29) is 5.91 Å². The predicted octanol–water partition coefficient (Wildman–Crippen LogP) is 3.62. The molecule has 7 nitrogen and oxygen atoms in total. The first kappa shape index (κ1) is 20.3. The second kappa shape index (κ2) is 9.21. The van der Waals surface area contributed by atoms with Crippen molar-refractivity contribution in [3.63, 3.8) is 0 Å². The number of benzene rings is 3. The van der Waals surface area contributed by atoms with Gasteiger partial charge in [-0.2, -0.15) is 0 Å². The fourth-order valence-electron chi connectivity index (χ4n) is 3.50. The van der Waals surface area contributed by atoms with Gasteiger partial charge in [-0.3, -0.25) is 4.79 Å². The van der Waals surface area contributed by atoms with E-state index in [0.717, 1.165) is 23.3 Å². The summed E-state index contributed by atoms with van der Waals surface area (Å²) in [4.78, 5) is 13.0. The number of aryl methyl sites for hydroxylation is 1. The summed E-state index contributed by atoms with van der Waals surface area (Å²) in [5.41, 5.74) is 5.38. The molecule has 0 aliphatic carbocycles. The molecule has 1 N–H and O–H groups in total. The van der Waals surface area contributed by atoms with Crippen LogP contribution in [0.4, 0.5) is 0 Å². The number of ether oxygens (including phenoxy) is 1. The van der Waals surface area contributed by atoms with Crippen molar-refractivity contribution in [2.75, 3.05) is 13.7 Å². The molecule has 0 bridgehead atoms. The third-order valence-corrected chi connectivity index (χ3v) is 5.15. The molecule has 1 amide bonds. The van der Waals surface area contributed by atoms with Gasteiger partial charge in [0.1, 0.15) is 12.1 Å². The summed E-state index contributed by atoms with van der Waals surface area (Å²) in [5, 5.41) is 14.4. The number of tetrazole rings is 1. The number of rotatable bonds is 7. The van der Waals surface area contributed by atoms with Gasteiger partial charge in [-0.1, -0.05) is 42.5 Å². The van der Waals surface area contributed by atoms with E-state index in [1.807, 2.05) is 48.5 Å². The zero-order valence-electron chi connectivity index (χ0n) is 17.4. The number of nitrogens with one attached hydrogen (secondary N) is 1. The van der Waals surface area contributed by atoms with E-state index in [9.17, 15) is 4.79 Å². The summed E-state index contributed by atoms with van der Waals surface area (Å²) in [7, 11) is 1.63. The lowest BCUT2D eigenvalue weighted by Gasteiger charge is -2.13. The minimum absolute atomic E-state index is 0.153. The Morgan fingerprint density at radius 2 is 1.87 bits per heavy atom. The number of carbonyl (C=O) groups is 1. The molecule has 156 valence electrons. The molecule has 3 aromatic carbocycles. The highest BCUT2D eigenvalue weighted by molar-refractivity contribution is 5.96. The fraction of sp³-hybridized carbons (Fsp3) is 0.167. The minimum Gasteiger partial charge on any atom is -0.496 e. The molecule has 1 aromatic heterocycles. The maximum atomic E-state index is 13.0. The van der Waals surface area contributed by atoms with Crippen molar-refractivity contribution in [1.29, 1.82) is 0 Å². The Labute approximate surface area is 180 Å². The van der Waals surface area contributed by atoms with Gasteiger partial charge in [-0.25, -0.2) is 4.68 Å². The molecular weight excluding hydrogens is 390 g/mol. The summed E-state index contributed by atoms with van der Waals surface area (Å²) in [6.45, 7) is 2.62. The summed E-state index contributed by atoms with van der Waals surface area (Å²) in [6.07, 6.45) is 2.27. The van der Waals surface area contributed by atoms with Gasteiger partial charge in [0, 0.05) is 17.7 Å². The van der Waals surface area contributed by atoms with Gasteiger partial charge in [0.15, 0.2) is 0 Å².